The number of ether oxygens (including phenoxy) is 1. The molecule has 1 rings (SSSR count). The molecule has 0 spiro atoms. The van der Waals surface area contributed by atoms with Gasteiger partial charge in [0.1, 0.15) is 0 Å². The van der Waals surface area contributed by atoms with Crippen LogP contribution in [0.15, 0.2) is 0 Å². The Bertz CT molecular complexity index is 145. The van der Waals surface area contributed by atoms with Gasteiger partial charge in [-0.2, -0.15) is 0 Å². The molecule has 1 saturated heterocycles. The van der Waals surface area contributed by atoms with E-state index in [0.29, 0.717) is 24.2 Å². The van der Waals surface area contributed by atoms with E-state index in [1.54, 1.807) is 0 Å². The predicted molar refractivity (Wildman–Crippen MR) is 51.0 cm³/mol. The fraction of sp³-hybridized carbons (Fsp3) is 1.00. The molecule has 72 valence electrons. The summed E-state index contributed by atoms with van der Waals surface area (Å²) < 4.78 is 5.84. The Morgan fingerprint density at radius 3 is 2.50 bits per heavy atom. The van der Waals surface area contributed by atoms with Gasteiger partial charge in [-0.15, -0.1) is 0 Å². The van der Waals surface area contributed by atoms with Gasteiger partial charge in [0, 0.05) is 6.54 Å². The molecule has 0 aliphatic carbocycles. The summed E-state index contributed by atoms with van der Waals surface area (Å²) in [6, 6.07) is 0. The molecule has 0 aromatic rings. The average Bonchev–Trinajstić information content (AvgIpc) is 2.52. The third-order valence-corrected chi connectivity index (χ3v) is 3.15. The minimum atomic E-state index is 0.320. The van der Waals surface area contributed by atoms with Gasteiger partial charge in [0.2, 0.25) is 0 Å². The summed E-state index contributed by atoms with van der Waals surface area (Å²) in [5, 5.41) is 0. The fourth-order valence-electron chi connectivity index (χ4n) is 1.68. The summed E-state index contributed by atoms with van der Waals surface area (Å²) >= 11 is 0. The van der Waals surface area contributed by atoms with Crippen LogP contribution >= 0.6 is 0 Å². The molecular formula is C10H21NO. The summed E-state index contributed by atoms with van der Waals surface area (Å²) in [6.07, 6.45) is 4.25. The van der Waals surface area contributed by atoms with Crippen LogP contribution in [0.3, 0.4) is 0 Å². The van der Waals surface area contributed by atoms with Gasteiger partial charge in [-0.25, -0.2) is 0 Å². The molecular weight excluding hydrogens is 150 g/mol. The van der Waals surface area contributed by atoms with Gasteiger partial charge in [0.15, 0.2) is 0 Å². The number of hydrogen-bond acceptors (Lipinski definition) is 2. The largest absolute Gasteiger partial charge is 0.373 e. The predicted octanol–water partition coefficient (Wildman–Crippen LogP) is 1.93. The van der Waals surface area contributed by atoms with Gasteiger partial charge in [-0.1, -0.05) is 20.8 Å². The van der Waals surface area contributed by atoms with Gasteiger partial charge >= 0.3 is 0 Å². The molecule has 1 aliphatic rings. The Morgan fingerprint density at radius 1 is 1.42 bits per heavy atom. The van der Waals surface area contributed by atoms with Crippen LogP contribution in [0.25, 0.3) is 0 Å². The molecule has 2 unspecified atom stereocenters. The highest BCUT2D eigenvalue weighted by molar-refractivity contribution is 4.84. The summed E-state index contributed by atoms with van der Waals surface area (Å²) in [5.74, 6) is 0. The molecule has 0 amide bonds. The summed E-state index contributed by atoms with van der Waals surface area (Å²) in [5.41, 5.74) is 5.88. The van der Waals surface area contributed by atoms with Crippen molar-refractivity contribution in [1.29, 1.82) is 0 Å². The third kappa shape index (κ3) is 1.99. The highest BCUT2D eigenvalue weighted by Crippen LogP contribution is 2.35. The first-order valence-electron chi connectivity index (χ1n) is 4.95. The van der Waals surface area contributed by atoms with Gasteiger partial charge in [-0.05, 0) is 24.7 Å². The van der Waals surface area contributed by atoms with Crippen LogP contribution in [-0.2, 0) is 4.74 Å². The van der Waals surface area contributed by atoms with Crippen molar-refractivity contribution in [3.8, 4) is 0 Å². The van der Waals surface area contributed by atoms with E-state index in [1.807, 2.05) is 0 Å². The molecule has 1 heterocycles. The van der Waals surface area contributed by atoms with Crippen LogP contribution in [0, 0.1) is 5.41 Å². The second-order valence-corrected chi connectivity index (χ2v) is 4.40. The molecule has 0 radical (unpaired) electrons. The van der Waals surface area contributed by atoms with Gasteiger partial charge in [0.05, 0.1) is 12.2 Å². The smallest absolute Gasteiger partial charge is 0.0702 e. The lowest BCUT2D eigenvalue weighted by Crippen LogP contribution is -2.30. The van der Waals surface area contributed by atoms with E-state index in [-0.39, 0.29) is 0 Å². The molecule has 2 atom stereocenters. The number of nitrogens with two attached hydrogens (primary N) is 1. The Hall–Kier alpha value is -0.0800. The molecule has 0 aromatic heterocycles. The Labute approximate surface area is 75.5 Å². The lowest BCUT2D eigenvalue weighted by atomic mass is 9.82. The van der Waals surface area contributed by atoms with Crippen molar-refractivity contribution in [3.05, 3.63) is 0 Å². The van der Waals surface area contributed by atoms with Crippen LogP contribution in [0.4, 0.5) is 0 Å². The van der Waals surface area contributed by atoms with Crippen molar-refractivity contribution < 1.29 is 4.74 Å². The number of rotatable bonds is 3. The van der Waals surface area contributed by atoms with Gasteiger partial charge in [0.25, 0.3) is 0 Å². The molecule has 2 N–H and O–H groups in total. The molecule has 1 aliphatic heterocycles. The lowest BCUT2D eigenvalue weighted by molar-refractivity contribution is -0.0208. The SMILES string of the molecule is CCC(C)(C)C1CCC(CN)O1. The molecule has 2 heteroatoms. The average molecular weight is 171 g/mol. The molecule has 0 bridgehead atoms. The Balaban J connectivity index is 2.46. The van der Waals surface area contributed by atoms with Crippen molar-refractivity contribution in [3.63, 3.8) is 0 Å². The van der Waals surface area contributed by atoms with E-state index in [2.05, 4.69) is 20.8 Å². The van der Waals surface area contributed by atoms with Crippen LogP contribution in [-0.4, -0.2) is 18.8 Å². The third-order valence-electron chi connectivity index (χ3n) is 3.15. The normalized spacial score (nSPS) is 31.0. The van der Waals surface area contributed by atoms with Crippen molar-refractivity contribution in [2.75, 3.05) is 6.54 Å². The molecule has 1 fully saturated rings. The quantitative estimate of drug-likeness (QED) is 0.704. The standard InChI is InChI=1S/C10H21NO/c1-4-10(2,3)9-6-5-8(7-11)12-9/h8-9H,4-7,11H2,1-3H3. The van der Waals surface area contributed by atoms with Crippen molar-refractivity contribution in [2.45, 2.75) is 52.2 Å². The van der Waals surface area contributed by atoms with Crippen LogP contribution in [0.1, 0.15) is 40.0 Å². The molecule has 12 heavy (non-hydrogen) atoms. The zero-order valence-electron chi connectivity index (χ0n) is 8.47. The van der Waals surface area contributed by atoms with E-state index in [4.69, 9.17) is 10.5 Å². The van der Waals surface area contributed by atoms with Gasteiger partial charge in [-0.3, -0.25) is 0 Å². The van der Waals surface area contributed by atoms with E-state index < -0.39 is 0 Å². The van der Waals surface area contributed by atoms with E-state index in [9.17, 15) is 0 Å². The second-order valence-electron chi connectivity index (χ2n) is 4.40. The topological polar surface area (TPSA) is 35.2 Å². The zero-order chi connectivity index (χ0) is 9.19. The Morgan fingerprint density at radius 2 is 2.08 bits per heavy atom. The van der Waals surface area contributed by atoms with Crippen LogP contribution < -0.4 is 5.73 Å². The monoisotopic (exact) mass is 171 g/mol. The van der Waals surface area contributed by atoms with E-state index in [1.165, 1.54) is 12.8 Å². The van der Waals surface area contributed by atoms with Crippen LogP contribution in [0.5, 0.6) is 0 Å². The first-order valence-corrected chi connectivity index (χ1v) is 4.95. The molecule has 0 aromatic carbocycles. The highest BCUT2D eigenvalue weighted by atomic mass is 16.5. The fourth-order valence-corrected chi connectivity index (χ4v) is 1.68. The molecule has 2 nitrogen and oxygen atoms in total. The maximum Gasteiger partial charge on any atom is 0.0702 e. The minimum Gasteiger partial charge on any atom is -0.373 e. The first kappa shape index (κ1) is 10.0. The zero-order valence-corrected chi connectivity index (χ0v) is 8.47. The van der Waals surface area contributed by atoms with E-state index >= 15 is 0 Å². The summed E-state index contributed by atoms with van der Waals surface area (Å²) in [7, 11) is 0. The second kappa shape index (κ2) is 3.75. The number of hydrogen-bond donors (Lipinski definition) is 1. The van der Waals surface area contributed by atoms with Crippen molar-refractivity contribution >= 4 is 0 Å². The van der Waals surface area contributed by atoms with Crippen LogP contribution in [0.2, 0.25) is 0 Å². The maximum absolute atomic E-state index is 5.84. The summed E-state index contributed by atoms with van der Waals surface area (Å²) in [4.78, 5) is 0. The first-order chi connectivity index (χ1) is 5.60. The minimum absolute atomic E-state index is 0.320. The molecule has 0 saturated carbocycles. The highest BCUT2D eigenvalue weighted by Gasteiger charge is 2.34. The summed E-state index contributed by atoms with van der Waals surface area (Å²) in [6.45, 7) is 7.45. The van der Waals surface area contributed by atoms with Gasteiger partial charge < -0.3 is 10.5 Å². The van der Waals surface area contributed by atoms with E-state index in [0.717, 1.165) is 6.42 Å². The van der Waals surface area contributed by atoms with Crippen molar-refractivity contribution in [1.82, 2.24) is 0 Å². The lowest BCUT2D eigenvalue weighted by Gasteiger charge is -2.30. The van der Waals surface area contributed by atoms with Crippen molar-refractivity contribution in [2.24, 2.45) is 11.1 Å². The maximum atomic E-state index is 5.84. The Kier molecular flexibility index (Phi) is 3.13.